The van der Waals surface area contributed by atoms with E-state index in [2.05, 4.69) is 231 Å². The van der Waals surface area contributed by atoms with E-state index in [9.17, 15) is 0 Å². The smallest absolute Gasteiger partial charge is 0.00489 e. The van der Waals surface area contributed by atoms with Gasteiger partial charge in [-0.05, 0) is 184 Å². The van der Waals surface area contributed by atoms with Crippen LogP contribution in [0.25, 0.3) is 22.8 Å². The van der Waals surface area contributed by atoms with E-state index in [4.69, 9.17) is 5.73 Å². The Hall–Kier alpha value is -6.88. The van der Waals surface area contributed by atoms with Crippen LogP contribution in [0, 0.1) is 37.5 Å². The standard InChI is InChI=1S/C51H54.C15H19N.C2H2/c1-7-12-44(47-16-11-18-50(46-14-10-15-46)51(35-47)49-17-9-8-13-38(49)4)32-25-41-23-30-43(31-24-41)40(6)34-48(45-28-21-37(3)22-29-45)33-39(5)42-26-19-36(2)20-27-42;1-11(16)8-9-12-10-15(2,3)14-7-5-4-6-13(12)14;1-2/h7-9,11-13,16-17,19,21,23-37,46H,1,6,10,14-15,18,20,22H2,2-5H3;4-9H,10,16H2,1-3H3;1-2H/b32-25-,39-33+,44-12+,48-34+;11-8+,12-9+;. The fraction of sp³-hybridized carbons (Fsp3) is 0.265. The normalized spacial score (nSPS) is 20.9. The summed E-state index contributed by atoms with van der Waals surface area (Å²) in [6.07, 6.45) is 54.4. The Kier molecular flexibility index (Phi) is 18.2. The molecule has 0 radical (unpaired) electrons. The number of allylic oxidation sites excluding steroid dienone is 27. The molecule has 1 fully saturated rings. The van der Waals surface area contributed by atoms with Gasteiger partial charge in [0.2, 0.25) is 0 Å². The minimum absolute atomic E-state index is 0.249. The van der Waals surface area contributed by atoms with Gasteiger partial charge in [0, 0.05) is 5.70 Å². The molecule has 0 amide bonds. The van der Waals surface area contributed by atoms with Crippen molar-refractivity contribution in [3.63, 3.8) is 0 Å². The largest absolute Gasteiger partial charge is 0.402 e. The molecule has 3 aromatic carbocycles. The molecule has 69 heavy (non-hydrogen) atoms. The van der Waals surface area contributed by atoms with Crippen LogP contribution in [0.1, 0.15) is 120 Å². The molecule has 0 bridgehead atoms. The summed E-state index contributed by atoms with van der Waals surface area (Å²) in [7, 11) is 0. The predicted octanol–water partition coefficient (Wildman–Crippen LogP) is 18.1. The first-order valence-electron chi connectivity index (χ1n) is 25.0. The molecule has 0 aromatic heterocycles. The van der Waals surface area contributed by atoms with Crippen LogP contribution in [0.3, 0.4) is 0 Å². The molecule has 5 aliphatic carbocycles. The third-order valence-electron chi connectivity index (χ3n) is 14.0. The highest BCUT2D eigenvalue weighted by molar-refractivity contribution is 5.83. The lowest BCUT2D eigenvalue weighted by Gasteiger charge is -2.30. The van der Waals surface area contributed by atoms with Crippen LogP contribution >= 0.6 is 0 Å². The Morgan fingerprint density at radius 3 is 2.03 bits per heavy atom. The minimum Gasteiger partial charge on any atom is -0.402 e. The molecule has 0 saturated heterocycles. The highest BCUT2D eigenvalue weighted by Crippen LogP contribution is 2.45. The fourth-order valence-corrected chi connectivity index (χ4v) is 9.69. The molecule has 1 saturated carbocycles. The first kappa shape index (κ1) is 51.5. The molecular weight excluding hydrogens is 831 g/mol. The summed E-state index contributed by atoms with van der Waals surface area (Å²) in [6, 6.07) is 26.3. The van der Waals surface area contributed by atoms with Gasteiger partial charge < -0.3 is 5.73 Å². The van der Waals surface area contributed by atoms with Gasteiger partial charge in [-0.3, -0.25) is 0 Å². The summed E-state index contributed by atoms with van der Waals surface area (Å²) in [5.41, 5.74) is 27.4. The van der Waals surface area contributed by atoms with Crippen molar-refractivity contribution < 1.29 is 0 Å². The van der Waals surface area contributed by atoms with Crippen molar-refractivity contribution in [3.05, 3.63) is 261 Å². The number of aryl methyl sites for hydroxylation is 1. The fourth-order valence-electron chi connectivity index (χ4n) is 9.69. The van der Waals surface area contributed by atoms with E-state index in [1.54, 1.807) is 5.57 Å². The summed E-state index contributed by atoms with van der Waals surface area (Å²) in [5.74, 6) is 1.87. The van der Waals surface area contributed by atoms with Crippen molar-refractivity contribution in [1.29, 1.82) is 0 Å². The summed E-state index contributed by atoms with van der Waals surface area (Å²) in [5, 5.41) is 0. The third-order valence-corrected chi connectivity index (χ3v) is 14.0. The molecule has 0 spiro atoms. The number of hydrogen-bond donors (Lipinski definition) is 1. The van der Waals surface area contributed by atoms with Crippen LogP contribution in [0.15, 0.2) is 228 Å². The lowest BCUT2D eigenvalue weighted by atomic mass is 9.75. The number of nitrogens with two attached hydrogens (primary N) is 1. The lowest BCUT2D eigenvalue weighted by molar-refractivity contribution is 0.365. The second-order valence-corrected chi connectivity index (χ2v) is 20.0. The molecule has 352 valence electrons. The zero-order valence-electron chi connectivity index (χ0n) is 42.6. The van der Waals surface area contributed by atoms with Gasteiger partial charge in [0.15, 0.2) is 0 Å². The highest BCUT2D eigenvalue weighted by Gasteiger charge is 2.32. The maximum atomic E-state index is 5.67. The molecular formula is C68H75N. The Morgan fingerprint density at radius 2 is 1.42 bits per heavy atom. The van der Waals surface area contributed by atoms with E-state index >= 15 is 0 Å². The third kappa shape index (κ3) is 13.6. The first-order valence-corrected chi connectivity index (χ1v) is 25.0. The molecule has 2 atom stereocenters. The van der Waals surface area contributed by atoms with Crippen molar-refractivity contribution in [2.24, 2.45) is 23.5 Å². The molecule has 3 aromatic rings. The zero-order valence-corrected chi connectivity index (χ0v) is 42.6. The quantitative estimate of drug-likeness (QED) is 0.142. The van der Waals surface area contributed by atoms with Crippen molar-refractivity contribution in [2.45, 2.75) is 98.8 Å². The van der Waals surface area contributed by atoms with Crippen LogP contribution in [-0.2, 0) is 5.41 Å². The van der Waals surface area contributed by atoms with Gasteiger partial charge >= 0.3 is 0 Å². The van der Waals surface area contributed by atoms with Crippen molar-refractivity contribution in [3.8, 4) is 12.8 Å². The second kappa shape index (κ2) is 24.4. The van der Waals surface area contributed by atoms with Gasteiger partial charge in [-0.1, -0.05) is 211 Å². The molecule has 1 heteroatoms. The summed E-state index contributed by atoms with van der Waals surface area (Å²) >= 11 is 0. The van der Waals surface area contributed by atoms with Crippen LogP contribution < -0.4 is 5.73 Å². The topological polar surface area (TPSA) is 26.0 Å². The molecule has 5 aliphatic rings. The van der Waals surface area contributed by atoms with E-state index in [1.165, 1.54) is 80.5 Å². The number of terminal acetylenes is 1. The minimum atomic E-state index is 0.249. The first-order chi connectivity index (χ1) is 33.3. The zero-order chi connectivity index (χ0) is 49.5. The van der Waals surface area contributed by atoms with Crippen LogP contribution in [0.4, 0.5) is 0 Å². The average Bonchev–Trinajstić information content (AvgIpc) is 3.43. The number of hydrogen-bond acceptors (Lipinski definition) is 1. The lowest BCUT2D eigenvalue weighted by Crippen LogP contribution is -2.15. The molecule has 1 nitrogen and oxygen atoms in total. The van der Waals surface area contributed by atoms with Gasteiger partial charge in [0.05, 0.1) is 0 Å². The Labute approximate surface area is 417 Å². The number of fused-ring (bicyclic) bond motifs is 1. The van der Waals surface area contributed by atoms with E-state index in [1.807, 2.05) is 19.1 Å². The maximum absolute atomic E-state index is 5.67. The summed E-state index contributed by atoms with van der Waals surface area (Å²) in [4.78, 5) is 0. The Morgan fingerprint density at radius 1 is 0.768 bits per heavy atom. The molecule has 0 heterocycles. The second-order valence-electron chi connectivity index (χ2n) is 20.0. The SMILES string of the molecule is C#C.C/C(N)=C\C=C1/CC(C)(C)c2ccccc21.C=C/C=C(\C=C/c1ccc(C(=C)/C=C(\C=C(/C)C2=CCC(C)C=C2)C2=CCC(C)C=C2)cc1)C1=CC(c2ccccc2C)=C(C2CCC2)CC=C1. The van der Waals surface area contributed by atoms with E-state index in [0.717, 1.165) is 53.7 Å². The summed E-state index contributed by atoms with van der Waals surface area (Å²) in [6.45, 7) is 24.1. The van der Waals surface area contributed by atoms with Crippen molar-refractivity contribution in [2.75, 3.05) is 0 Å². The number of rotatable bonds is 12. The monoisotopic (exact) mass is 906 g/mol. The van der Waals surface area contributed by atoms with E-state index < -0.39 is 0 Å². The number of benzene rings is 3. The van der Waals surface area contributed by atoms with Crippen LogP contribution in [0.5, 0.6) is 0 Å². The summed E-state index contributed by atoms with van der Waals surface area (Å²) < 4.78 is 0. The predicted molar refractivity (Wildman–Crippen MR) is 304 cm³/mol. The average molecular weight is 906 g/mol. The van der Waals surface area contributed by atoms with Crippen molar-refractivity contribution in [1.82, 2.24) is 0 Å². The molecule has 2 N–H and O–H groups in total. The van der Waals surface area contributed by atoms with Gasteiger partial charge in [-0.25, -0.2) is 0 Å². The molecule has 8 rings (SSSR count). The molecule has 0 aliphatic heterocycles. The van der Waals surface area contributed by atoms with Gasteiger partial charge in [0.1, 0.15) is 0 Å². The van der Waals surface area contributed by atoms with Gasteiger partial charge in [-0.2, -0.15) is 0 Å². The van der Waals surface area contributed by atoms with Gasteiger partial charge in [0.25, 0.3) is 0 Å². The Bertz CT molecular complexity index is 2800. The Balaban J connectivity index is 0.000000364. The van der Waals surface area contributed by atoms with E-state index in [-0.39, 0.29) is 5.41 Å². The molecule has 2 unspecified atom stereocenters. The van der Waals surface area contributed by atoms with Crippen LogP contribution in [0.2, 0.25) is 0 Å². The highest BCUT2D eigenvalue weighted by atomic mass is 14.5. The van der Waals surface area contributed by atoms with Crippen LogP contribution in [-0.4, -0.2) is 0 Å². The maximum Gasteiger partial charge on any atom is 0.00489 e. The van der Waals surface area contributed by atoms with Gasteiger partial charge in [-0.15, -0.1) is 12.8 Å². The van der Waals surface area contributed by atoms with Crippen molar-refractivity contribution >= 4 is 22.8 Å². The van der Waals surface area contributed by atoms with E-state index in [0.29, 0.717) is 17.8 Å².